The number of aliphatic hydroxyl groups excluding tert-OH is 1. The van der Waals surface area contributed by atoms with Crippen molar-refractivity contribution in [2.75, 3.05) is 13.2 Å². The summed E-state index contributed by atoms with van der Waals surface area (Å²) in [6.45, 7) is 2.65. The Morgan fingerprint density at radius 2 is 2.29 bits per heavy atom. The number of piperidine rings is 1. The number of benzene rings is 1. The van der Waals surface area contributed by atoms with E-state index in [9.17, 15) is 9.18 Å². The first-order valence-corrected chi connectivity index (χ1v) is 7.47. The lowest BCUT2D eigenvalue weighted by molar-refractivity contribution is -0.129. The third kappa shape index (κ3) is 4.14. The van der Waals surface area contributed by atoms with Crippen molar-refractivity contribution in [2.45, 2.75) is 38.6 Å². The fourth-order valence-corrected chi connectivity index (χ4v) is 2.83. The molecule has 1 N–H and O–H groups in total. The van der Waals surface area contributed by atoms with E-state index in [1.807, 2.05) is 11.8 Å². The van der Waals surface area contributed by atoms with Gasteiger partial charge in [0, 0.05) is 25.3 Å². The molecular formula is C17H22FNO2. The summed E-state index contributed by atoms with van der Waals surface area (Å²) < 4.78 is 13.2. The second-order valence-electron chi connectivity index (χ2n) is 5.53. The van der Waals surface area contributed by atoms with Crippen LogP contribution in [-0.4, -0.2) is 35.1 Å². The molecule has 21 heavy (non-hydrogen) atoms. The number of hydrogen-bond acceptors (Lipinski definition) is 2. The molecule has 1 aliphatic heterocycles. The highest BCUT2D eigenvalue weighted by atomic mass is 19.1. The number of allylic oxidation sites excluding steroid dienone is 1. The summed E-state index contributed by atoms with van der Waals surface area (Å²) in [6.07, 6.45) is 5.24. The van der Waals surface area contributed by atoms with Crippen LogP contribution in [0.3, 0.4) is 0 Å². The van der Waals surface area contributed by atoms with Gasteiger partial charge in [-0.2, -0.15) is 0 Å². The van der Waals surface area contributed by atoms with E-state index in [2.05, 4.69) is 0 Å². The van der Waals surface area contributed by atoms with E-state index >= 15 is 0 Å². The Labute approximate surface area is 125 Å². The fraction of sp³-hybridized carbons (Fsp3) is 0.471. The largest absolute Gasteiger partial charge is 0.396 e. The van der Waals surface area contributed by atoms with Crippen LogP contribution in [0.1, 0.15) is 38.2 Å². The first-order valence-electron chi connectivity index (χ1n) is 7.47. The molecule has 1 heterocycles. The first kappa shape index (κ1) is 15.7. The summed E-state index contributed by atoms with van der Waals surface area (Å²) >= 11 is 0. The van der Waals surface area contributed by atoms with Gasteiger partial charge in [-0.05, 0) is 55.9 Å². The number of amides is 1. The fourth-order valence-electron chi connectivity index (χ4n) is 2.83. The van der Waals surface area contributed by atoms with Gasteiger partial charge in [0.1, 0.15) is 5.82 Å². The van der Waals surface area contributed by atoms with Gasteiger partial charge in [-0.3, -0.25) is 4.79 Å². The van der Waals surface area contributed by atoms with Crippen molar-refractivity contribution in [1.82, 2.24) is 4.90 Å². The monoisotopic (exact) mass is 291 g/mol. The highest BCUT2D eigenvalue weighted by molar-refractivity contribution is 5.95. The average Bonchev–Trinajstić information content (AvgIpc) is 2.48. The van der Waals surface area contributed by atoms with E-state index in [1.165, 1.54) is 12.1 Å². The van der Waals surface area contributed by atoms with Crippen molar-refractivity contribution >= 4 is 11.5 Å². The summed E-state index contributed by atoms with van der Waals surface area (Å²) in [6, 6.07) is 6.37. The van der Waals surface area contributed by atoms with E-state index < -0.39 is 0 Å². The Morgan fingerprint density at radius 1 is 1.48 bits per heavy atom. The number of halogens is 1. The molecule has 1 unspecified atom stereocenters. The predicted octanol–water partition coefficient (Wildman–Crippen LogP) is 2.99. The van der Waals surface area contributed by atoms with Crippen molar-refractivity contribution in [3.8, 4) is 0 Å². The van der Waals surface area contributed by atoms with Gasteiger partial charge in [0.2, 0.25) is 5.91 Å². The zero-order valence-corrected chi connectivity index (χ0v) is 12.4. The number of carbonyl (C=O) groups excluding carboxylic acids is 1. The molecule has 0 bridgehead atoms. The molecule has 1 aliphatic rings. The Kier molecular flexibility index (Phi) is 5.51. The van der Waals surface area contributed by atoms with Crippen LogP contribution >= 0.6 is 0 Å². The van der Waals surface area contributed by atoms with Crippen molar-refractivity contribution in [3.63, 3.8) is 0 Å². The molecule has 3 nitrogen and oxygen atoms in total. The van der Waals surface area contributed by atoms with Gasteiger partial charge in [-0.15, -0.1) is 0 Å². The molecule has 114 valence electrons. The normalized spacial score (nSPS) is 19.7. The average molecular weight is 291 g/mol. The van der Waals surface area contributed by atoms with E-state index in [0.29, 0.717) is 6.42 Å². The number of aliphatic hydroxyl groups is 1. The molecule has 2 rings (SSSR count). The maximum Gasteiger partial charge on any atom is 0.247 e. The highest BCUT2D eigenvalue weighted by Gasteiger charge is 2.25. The lowest BCUT2D eigenvalue weighted by Crippen LogP contribution is -2.43. The van der Waals surface area contributed by atoms with E-state index in [-0.39, 0.29) is 24.4 Å². The Bertz CT molecular complexity index is 525. The summed E-state index contributed by atoms with van der Waals surface area (Å²) in [5.41, 5.74) is 1.48. The van der Waals surface area contributed by atoms with Gasteiger partial charge in [0.05, 0.1) is 0 Å². The number of carbonyl (C=O) groups is 1. The number of nitrogens with zero attached hydrogens (tertiary/aromatic N) is 1. The van der Waals surface area contributed by atoms with Gasteiger partial charge in [-0.1, -0.05) is 12.1 Å². The lowest BCUT2D eigenvalue weighted by atomic mass is 9.99. The molecule has 1 fully saturated rings. The van der Waals surface area contributed by atoms with Gasteiger partial charge in [0.15, 0.2) is 0 Å². The maximum atomic E-state index is 13.2. The van der Waals surface area contributed by atoms with Crippen LogP contribution < -0.4 is 0 Å². The standard InChI is InChI=1S/C17H22FNO2/c1-13(14-5-4-6-15(18)12-14)11-17(21)19-9-3-2-7-16(19)8-10-20/h4-6,11-12,16,20H,2-3,7-10H2,1H3/b13-11-. The highest BCUT2D eigenvalue weighted by Crippen LogP contribution is 2.21. The molecule has 1 amide bonds. The Balaban J connectivity index is 2.12. The smallest absolute Gasteiger partial charge is 0.247 e. The SMILES string of the molecule is C/C(=C/C(=O)N1CCCCC1CCO)c1cccc(F)c1. The summed E-state index contributed by atoms with van der Waals surface area (Å²) in [4.78, 5) is 14.3. The molecule has 4 heteroatoms. The maximum absolute atomic E-state index is 13.2. The Morgan fingerprint density at radius 3 is 3.00 bits per heavy atom. The van der Waals surface area contributed by atoms with Gasteiger partial charge in [0.25, 0.3) is 0 Å². The van der Waals surface area contributed by atoms with Gasteiger partial charge < -0.3 is 10.0 Å². The third-order valence-electron chi connectivity index (χ3n) is 3.99. The second-order valence-corrected chi connectivity index (χ2v) is 5.53. The molecule has 0 aromatic heterocycles. The van der Waals surface area contributed by atoms with Crippen molar-refractivity contribution in [1.29, 1.82) is 0 Å². The second kappa shape index (κ2) is 7.36. The lowest BCUT2D eigenvalue weighted by Gasteiger charge is -2.35. The molecule has 0 aliphatic carbocycles. The molecule has 1 aromatic rings. The van der Waals surface area contributed by atoms with E-state index in [1.54, 1.807) is 18.2 Å². The summed E-state index contributed by atoms with van der Waals surface area (Å²) in [5, 5.41) is 9.11. The van der Waals surface area contributed by atoms with E-state index in [4.69, 9.17) is 5.11 Å². The Hall–Kier alpha value is -1.68. The number of likely N-dealkylation sites (tertiary alicyclic amines) is 1. The minimum absolute atomic E-state index is 0.0464. The van der Waals surface area contributed by atoms with Crippen molar-refractivity contribution < 1.29 is 14.3 Å². The predicted molar refractivity (Wildman–Crippen MR) is 81.1 cm³/mol. The molecule has 1 aromatic carbocycles. The zero-order valence-electron chi connectivity index (χ0n) is 12.4. The molecular weight excluding hydrogens is 269 g/mol. The van der Waals surface area contributed by atoms with Crippen molar-refractivity contribution in [2.24, 2.45) is 0 Å². The first-order chi connectivity index (χ1) is 10.1. The van der Waals surface area contributed by atoms with Crippen LogP contribution in [0.4, 0.5) is 4.39 Å². The number of rotatable bonds is 4. The van der Waals surface area contributed by atoms with Gasteiger partial charge in [-0.25, -0.2) is 4.39 Å². The van der Waals surface area contributed by atoms with Crippen LogP contribution in [0.5, 0.6) is 0 Å². The summed E-state index contributed by atoms with van der Waals surface area (Å²) in [7, 11) is 0. The minimum atomic E-state index is -0.302. The topological polar surface area (TPSA) is 40.5 Å². The van der Waals surface area contributed by atoms with Crippen LogP contribution in [0.15, 0.2) is 30.3 Å². The zero-order chi connectivity index (χ0) is 15.2. The molecule has 0 saturated carbocycles. The molecule has 1 atom stereocenters. The third-order valence-corrected chi connectivity index (χ3v) is 3.99. The van der Waals surface area contributed by atoms with Crippen LogP contribution in [0.2, 0.25) is 0 Å². The summed E-state index contributed by atoms with van der Waals surface area (Å²) in [5.74, 6) is -0.348. The van der Waals surface area contributed by atoms with Gasteiger partial charge >= 0.3 is 0 Å². The van der Waals surface area contributed by atoms with E-state index in [0.717, 1.165) is 36.9 Å². The minimum Gasteiger partial charge on any atom is -0.396 e. The molecule has 0 radical (unpaired) electrons. The quantitative estimate of drug-likeness (QED) is 0.866. The van der Waals surface area contributed by atoms with Crippen LogP contribution in [0, 0.1) is 5.82 Å². The molecule has 1 saturated heterocycles. The molecule has 0 spiro atoms. The number of hydrogen-bond donors (Lipinski definition) is 1. The van der Waals surface area contributed by atoms with Crippen LogP contribution in [-0.2, 0) is 4.79 Å². The van der Waals surface area contributed by atoms with Crippen LogP contribution in [0.25, 0.3) is 5.57 Å². The van der Waals surface area contributed by atoms with Crippen molar-refractivity contribution in [3.05, 3.63) is 41.7 Å².